The number of carbonyl (C=O) groups excluding carboxylic acids is 1. The van der Waals surface area contributed by atoms with Gasteiger partial charge in [-0.15, -0.1) is 10.2 Å². The summed E-state index contributed by atoms with van der Waals surface area (Å²) in [7, 11) is 0. The topological polar surface area (TPSA) is 80.0 Å². The lowest BCUT2D eigenvalue weighted by molar-refractivity contribution is -0.121. The van der Waals surface area contributed by atoms with E-state index in [0.29, 0.717) is 19.3 Å². The van der Waals surface area contributed by atoms with Crippen LogP contribution in [-0.4, -0.2) is 38.4 Å². The lowest BCUT2D eigenvalue weighted by Gasteiger charge is -2.12. The summed E-state index contributed by atoms with van der Waals surface area (Å²) in [6, 6.07) is 9.76. The summed E-state index contributed by atoms with van der Waals surface area (Å²) < 4.78 is 1.88. The van der Waals surface area contributed by atoms with Crippen molar-refractivity contribution in [2.24, 2.45) is 0 Å². The number of hydrogen-bond acceptors (Lipinski definition) is 4. The predicted molar refractivity (Wildman–Crippen MR) is 79.0 cm³/mol. The van der Waals surface area contributed by atoms with Gasteiger partial charge in [-0.25, -0.2) is 0 Å². The molecule has 112 valence electrons. The molecule has 2 aromatic rings. The number of benzene rings is 1. The molecule has 1 aromatic carbocycles. The Bertz CT molecular complexity index is 568. The Morgan fingerprint density at radius 2 is 2.14 bits per heavy atom. The van der Waals surface area contributed by atoms with Gasteiger partial charge in [0, 0.05) is 31.2 Å². The summed E-state index contributed by atoms with van der Waals surface area (Å²) in [5.74, 6) is 0.713. The second-order valence-electron chi connectivity index (χ2n) is 4.93. The van der Waals surface area contributed by atoms with Gasteiger partial charge in [-0.2, -0.15) is 0 Å². The van der Waals surface area contributed by atoms with Crippen LogP contribution in [0.15, 0.2) is 36.7 Å². The van der Waals surface area contributed by atoms with Crippen molar-refractivity contribution in [1.29, 1.82) is 0 Å². The van der Waals surface area contributed by atoms with Crippen LogP contribution < -0.4 is 5.32 Å². The minimum absolute atomic E-state index is 0.0190. The van der Waals surface area contributed by atoms with E-state index in [9.17, 15) is 4.79 Å². The van der Waals surface area contributed by atoms with Crippen LogP contribution >= 0.6 is 0 Å². The van der Waals surface area contributed by atoms with Crippen molar-refractivity contribution in [1.82, 2.24) is 20.1 Å². The Morgan fingerprint density at radius 3 is 2.86 bits per heavy atom. The second-order valence-corrected chi connectivity index (χ2v) is 4.93. The van der Waals surface area contributed by atoms with Gasteiger partial charge in [0.05, 0.1) is 0 Å². The Morgan fingerprint density at radius 1 is 1.38 bits per heavy atom. The van der Waals surface area contributed by atoms with Crippen molar-refractivity contribution in [2.75, 3.05) is 6.61 Å². The van der Waals surface area contributed by atoms with Gasteiger partial charge in [-0.1, -0.05) is 18.2 Å². The number of nitrogens with one attached hydrogen (secondary N) is 1. The minimum Gasteiger partial charge on any atom is -0.396 e. The van der Waals surface area contributed by atoms with Gasteiger partial charge in [-0.3, -0.25) is 9.36 Å². The Hall–Kier alpha value is -2.21. The molecule has 0 fully saturated rings. The number of nitrogens with zero attached hydrogens (tertiary/aromatic N) is 3. The third-order valence-electron chi connectivity index (χ3n) is 3.20. The summed E-state index contributed by atoms with van der Waals surface area (Å²) in [5, 5.41) is 19.7. The van der Waals surface area contributed by atoms with Crippen LogP contribution in [0.2, 0.25) is 0 Å². The number of para-hydroxylation sites is 1. The normalized spacial score (nSPS) is 12.1. The van der Waals surface area contributed by atoms with Crippen molar-refractivity contribution < 1.29 is 9.90 Å². The molecule has 1 aromatic heterocycles. The molecule has 2 rings (SSSR count). The van der Waals surface area contributed by atoms with Crippen LogP contribution in [0, 0.1) is 0 Å². The first-order valence-corrected chi connectivity index (χ1v) is 7.05. The van der Waals surface area contributed by atoms with Crippen LogP contribution in [-0.2, 0) is 11.2 Å². The molecule has 1 atom stereocenters. The number of rotatable bonds is 7. The van der Waals surface area contributed by atoms with E-state index in [4.69, 9.17) is 5.11 Å². The fourth-order valence-electron chi connectivity index (χ4n) is 2.07. The summed E-state index contributed by atoms with van der Waals surface area (Å²) in [6.45, 7) is 1.95. The molecule has 1 amide bonds. The molecule has 0 spiro atoms. The summed E-state index contributed by atoms with van der Waals surface area (Å²) >= 11 is 0. The molecule has 6 nitrogen and oxygen atoms in total. The predicted octanol–water partition coefficient (Wildman–Crippen LogP) is 1.09. The first kappa shape index (κ1) is 15.2. The molecule has 0 saturated heterocycles. The van der Waals surface area contributed by atoms with Gasteiger partial charge in [0.25, 0.3) is 0 Å². The standard InChI is InChI=1S/C15H20N4O2/c1-12(9-10-20)17-15(21)8-7-14-18-16-11-19(14)13-5-3-2-4-6-13/h2-6,11-12,20H,7-10H2,1H3,(H,17,21). The number of amides is 1. The molecule has 0 aliphatic rings. The van der Waals surface area contributed by atoms with E-state index in [1.807, 2.05) is 41.8 Å². The lowest BCUT2D eigenvalue weighted by atomic mass is 10.2. The second kappa shape index (κ2) is 7.54. The van der Waals surface area contributed by atoms with Crippen molar-refractivity contribution in [3.63, 3.8) is 0 Å². The largest absolute Gasteiger partial charge is 0.396 e. The SMILES string of the molecule is CC(CCO)NC(=O)CCc1nncn1-c1ccccc1. The van der Waals surface area contributed by atoms with Crippen LogP contribution in [0.4, 0.5) is 0 Å². The fourth-order valence-corrected chi connectivity index (χ4v) is 2.07. The third-order valence-corrected chi connectivity index (χ3v) is 3.20. The monoisotopic (exact) mass is 288 g/mol. The maximum atomic E-state index is 11.8. The molecule has 1 unspecified atom stereocenters. The average Bonchev–Trinajstić information content (AvgIpc) is 2.94. The fraction of sp³-hybridized carbons (Fsp3) is 0.400. The molecule has 0 saturated carbocycles. The molecule has 0 aliphatic heterocycles. The molecular formula is C15H20N4O2. The Labute approximate surface area is 123 Å². The van der Waals surface area contributed by atoms with E-state index in [-0.39, 0.29) is 18.6 Å². The molecule has 0 bridgehead atoms. The van der Waals surface area contributed by atoms with Crippen molar-refractivity contribution in [3.05, 3.63) is 42.5 Å². The van der Waals surface area contributed by atoms with Gasteiger partial charge >= 0.3 is 0 Å². The number of aromatic nitrogens is 3. The maximum Gasteiger partial charge on any atom is 0.220 e. The first-order chi connectivity index (χ1) is 10.2. The Kier molecular flexibility index (Phi) is 5.45. The highest BCUT2D eigenvalue weighted by molar-refractivity contribution is 5.76. The van der Waals surface area contributed by atoms with Crippen LogP contribution in [0.5, 0.6) is 0 Å². The Balaban J connectivity index is 1.93. The highest BCUT2D eigenvalue weighted by Gasteiger charge is 2.11. The van der Waals surface area contributed by atoms with E-state index in [2.05, 4.69) is 15.5 Å². The van der Waals surface area contributed by atoms with E-state index in [1.54, 1.807) is 6.33 Å². The van der Waals surface area contributed by atoms with Crippen molar-refractivity contribution in [3.8, 4) is 5.69 Å². The molecule has 2 N–H and O–H groups in total. The summed E-state index contributed by atoms with van der Waals surface area (Å²) in [6.07, 6.45) is 3.08. The lowest BCUT2D eigenvalue weighted by Crippen LogP contribution is -2.33. The van der Waals surface area contributed by atoms with E-state index in [0.717, 1.165) is 11.5 Å². The summed E-state index contributed by atoms with van der Waals surface area (Å²) in [4.78, 5) is 11.8. The zero-order valence-corrected chi connectivity index (χ0v) is 12.1. The van der Waals surface area contributed by atoms with Gasteiger partial charge in [0.1, 0.15) is 12.2 Å². The van der Waals surface area contributed by atoms with Crippen LogP contribution in [0.25, 0.3) is 5.69 Å². The average molecular weight is 288 g/mol. The zero-order chi connectivity index (χ0) is 15.1. The molecular weight excluding hydrogens is 268 g/mol. The number of aliphatic hydroxyl groups is 1. The quantitative estimate of drug-likeness (QED) is 0.799. The number of carbonyl (C=O) groups is 1. The molecule has 0 aliphatic carbocycles. The zero-order valence-electron chi connectivity index (χ0n) is 12.1. The van der Waals surface area contributed by atoms with E-state index >= 15 is 0 Å². The molecule has 21 heavy (non-hydrogen) atoms. The highest BCUT2D eigenvalue weighted by atomic mass is 16.3. The van der Waals surface area contributed by atoms with Gasteiger partial charge in [-0.05, 0) is 25.5 Å². The van der Waals surface area contributed by atoms with E-state index < -0.39 is 0 Å². The van der Waals surface area contributed by atoms with Crippen molar-refractivity contribution >= 4 is 5.91 Å². The molecule has 6 heteroatoms. The smallest absolute Gasteiger partial charge is 0.220 e. The van der Waals surface area contributed by atoms with Gasteiger partial charge < -0.3 is 10.4 Å². The third kappa shape index (κ3) is 4.39. The highest BCUT2D eigenvalue weighted by Crippen LogP contribution is 2.10. The number of aryl methyl sites for hydroxylation is 1. The van der Waals surface area contributed by atoms with Crippen molar-refractivity contribution in [2.45, 2.75) is 32.2 Å². The van der Waals surface area contributed by atoms with E-state index in [1.165, 1.54) is 0 Å². The van der Waals surface area contributed by atoms with Gasteiger partial charge in [0.15, 0.2) is 0 Å². The molecule has 1 heterocycles. The van der Waals surface area contributed by atoms with Gasteiger partial charge in [0.2, 0.25) is 5.91 Å². The van der Waals surface area contributed by atoms with Crippen LogP contribution in [0.3, 0.4) is 0 Å². The summed E-state index contributed by atoms with van der Waals surface area (Å²) in [5.41, 5.74) is 0.978. The van der Waals surface area contributed by atoms with Crippen LogP contribution in [0.1, 0.15) is 25.6 Å². The minimum atomic E-state index is -0.0430. The number of aliphatic hydroxyl groups excluding tert-OH is 1. The molecule has 0 radical (unpaired) electrons. The first-order valence-electron chi connectivity index (χ1n) is 7.05. The number of hydrogen-bond donors (Lipinski definition) is 2. The maximum absolute atomic E-state index is 11.8.